The zero-order valence-corrected chi connectivity index (χ0v) is 18.5. The highest BCUT2D eigenvalue weighted by Crippen LogP contribution is 2.51. The molecule has 2 aromatic rings. The molecule has 1 heterocycles. The van der Waals surface area contributed by atoms with Crippen LogP contribution < -0.4 is 5.32 Å². The molecule has 0 saturated carbocycles. The van der Waals surface area contributed by atoms with Crippen molar-refractivity contribution in [1.82, 2.24) is 5.32 Å². The van der Waals surface area contributed by atoms with Gasteiger partial charge in [-0.15, -0.1) is 0 Å². The Morgan fingerprint density at radius 1 is 1.00 bits per heavy atom. The molecule has 1 atom stereocenters. The van der Waals surface area contributed by atoms with Crippen LogP contribution in [0.4, 0.5) is 13.2 Å². The van der Waals surface area contributed by atoms with Crippen LogP contribution in [-0.4, -0.2) is 49.7 Å². The number of nitrogens with one attached hydrogen (secondary N) is 1. The fraction of sp³-hybridized carbons (Fsp3) is 0.381. The van der Waals surface area contributed by atoms with Gasteiger partial charge in [-0.25, -0.2) is 9.36 Å². The van der Waals surface area contributed by atoms with Gasteiger partial charge in [0.05, 0.1) is 39.1 Å². The molecular formula is C21H25F3NO7P. The predicted octanol–water partition coefficient (Wildman–Crippen LogP) is 4.17. The lowest BCUT2D eigenvalue weighted by Crippen LogP contribution is -2.44. The molecule has 1 aliphatic heterocycles. The number of halogens is 3. The third kappa shape index (κ3) is 10.9. The number of carboxylic acid groups (broad SMARTS) is 1. The first-order chi connectivity index (χ1) is 15.7. The van der Waals surface area contributed by atoms with Gasteiger partial charge < -0.3 is 15.2 Å². The van der Waals surface area contributed by atoms with E-state index in [1.165, 1.54) is 0 Å². The maximum Gasteiger partial charge on any atom is 0.490 e. The SMILES string of the molecule is O=C(O)C(F)(F)F.O=P(OCc1ccccc1)(OCc1ccccc1)OC[C@H]1COCCN1. The van der Waals surface area contributed by atoms with Crippen LogP contribution in [0, 0.1) is 0 Å². The molecule has 1 aliphatic rings. The van der Waals surface area contributed by atoms with Gasteiger partial charge in [0.25, 0.3) is 0 Å². The van der Waals surface area contributed by atoms with E-state index in [0.717, 1.165) is 17.7 Å². The Bertz CT molecular complexity index is 831. The number of rotatable bonds is 9. The Balaban J connectivity index is 0.000000479. The maximum atomic E-state index is 13.1. The molecule has 1 fully saturated rings. The first kappa shape index (κ1) is 27.0. The Labute approximate surface area is 189 Å². The first-order valence-corrected chi connectivity index (χ1v) is 11.4. The summed E-state index contributed by atoms with van der Waals surface area (Å²) in [5.41, 5.74) is 1.80. The van der Waals surface area contributed by atoms with Crippen LogP contribution in [0.25, 0.3) is 0 Å². The third-order valence-corrected chi connectivity index (χ3v) is 5.50. The molecule has 182 valence electrons. The van der Waals surface area contributed by atoms with Crippen molar-refractivity contribution in [3.05, 3.63) is 71.8 Å². The summed E-state index contributed by atoms with van der Waals surface area (Å²) in [6, 6.07) is 19.0. The number of ether oxygens (including phenoxy) is 1. The minimum absolute atomic E-state index is 0.0299. The Morgan fingerprint density at radius 2 is 1.48 bits per heavy atom. The monoisotopic (exact) mass is 491 g/mol. The predicted molar refractivity (Wildman–Crippen MR) is 112 cm³/mol. The zero-order valence-electron chi connectivity index (χ0n) is 17.6. The number of morpholine rings is 1. The molecular weight excluding hydrogens is 466 g/mol. The largest absolute Gasteiger partial charge is 0.490 e. The molecule has 0 amide bonds. The van der Waals surface area contributed by atoms with Gasteiger partial charge in [0.15, 0.2) is 0 Å². The highest BCUT2D eigenvalue weighted by Gasteiger charge is 2.38. The summed E-state index contributed by atoms with van der Waals surface area (Å²) in [4.78, 5) is 8.90. The van der Waals surface area contributed by atoms with Gasteiger partial charge in [-0.05, 0) is 11.1 Å². The summed E-state index contributed by atoms with van der Waals surface area (Å²) in [6.45, 7) is 2.43. The quantitative estimate of drug-likeness (QED) is 0.504. The van der Waals surface area contributed by atoms with Crippen molar-refractivity contribution in [2.24, 2.45) is 0 Å². The average molecular weight is 491 g/mol. The molecule has 33 heavy (non-hydrogen) atoms. The van der Waals surface area contributed by atoms with Gasteiger partial charge in [-0.3, -0.25) is 13.6 Å². The van der Waals surface area contributed by atoms with Gasteiger partial charge in [-0.1, -0.05) is 60.7 Å². The minimum Gasteiger partial charge on any atom is -0.475 e. The molecule has 1 saturated heterocycles. The maximum absolute atomic E-state index is 13.1. The number of carboxylic acids is 1. The molecule has 0 unspecified atom stereocenters. The van der Waals surface area contributed by atoms with E-state index in [-0.39, 0.29) is 25.9 Å². The van der Waals surface area contributed by atoms with E-state index < -0.39 is 20.0 Å². The Kier molecular flexibility index (Phi) is 11.0. The fourth-order valence-electron chi connectivity index (χ4n) is 2.48. The highest BCUT2D eigenvalue weighted by molar-refractivity contribution is 7.48. The fourth-order valence-corrected chi connectivity index (χ4v) is 3.68. The number of hydrogen-bond acceptors (Lipinski definition) is 7. The molecule has 0 radical (unpaired) electrons. The second-order valence-corrected chi connectivity index (χ2v) is 8.46. The number of hydrogen-bond donors (Lipinski definition) is 2. The van der Waals surface area contributed by atoms with Crippen molar-refractivity contribution in [3.63, 3.8) is 0 Å². The third-order valence-electron chi connectivity index (χ3n) is 4.14. The summed E-state index contributed by atoms with van der Waals surface area (Å²) in [6.07, 6.45) is -5.08. The van der Waals surface area contributed by atoms with Crippen molar-refractivity contribution < 1.29 is 45.9 Å². The molecule has 2 N–H and O–H groups in total. The van der Waals surface area contributed by atoms with Gasteiger partial charge in [-0.2, -0.15) is 13.2 Å². The number of phosphoric ester groups is 1. The van der Waals surface area contributed by atoms with Crippen LogP contribution >= 0.6 is 7.82 Å². The molecule has 0 bridgehead atoms. The summed E-state index contributed by atoms with van der Waals surface area (Å²) in [7, 11) is -3.71. The molecule has 0 aromatic heterocycles. The molecule has 0 aliphatic carbocycles. The number of alkyl halides is 3. The van der Waals surface area contributed by atoms with Gasteiger partial charge in [0, 0.05) is 6.54 Å². The molecule has 0 spiro atoms. The van der Waals surface area contributed by atoms with Crippen molar-refractivity contribution >= 4 is 13.8 Å². The van der Waals surface area contributed by atoms with Gasteiger partial charge >= 0.3 is 20.0 Å². The van der Waals surface area contributed by atoms with Crippen LogP contribution in [0.5, 0.6) is 0 Å². The van der Waals surface area contributed by atoms with Crippen LogP contribution in [0.2, 0.25) is 0 Å². The molecule has 8 nitrogen and oxygen atoms in total. The molecule has 3 rings (SSSR count). The van der Waals surface area contributed by atoms with Crippen LogP contribution in [0.3, 0.4) is 0 Å². The molecule has 2 aromatic carbocycles. The van der Waals surface area contributed by atoms with Crippen LogP contribution in [0.15, 0.2) is 60.7 Å². The standard InChI is InChI=1S/C19H24NO5P.C2HF3O2/c21-26(23-13-17-7-3-1-4-8-17,24-14-18-9-5-2-6-10-18)25-16-19-15-22-12-11-20-19;3-2(4,5)1(6)7/h1-10,19-20H,11-16H2;(H,6,7)/t19-;/m1./s1. The number of benzene rings is 2. The summed E-state index contributed by atoms with van der Waals surface area (Å²) >= 11 is 0. The first-order valence-electron chi connectivity index (χ1n) is 9.91. The van der Waals surface area contributed by atoms with E-state index in [2.05, 4.69) is 5.32 Å². The lowest BCUT2D eigenvalue weighted by atomic mass is 10.2. The molecule has 12 heteroatoms. The highest BCUT2D eigenvalue weighted by atomic mass is 31.2. The van der Waals surface area contributed by atoms with Crippen molar-refractivity contribution in [3.8, 4) is 0 Å². The Morgan fingerprint density at radius 3 is 1.88 bits per heavy atom. The van der Waals surface area contributed by atoms with E-state index in [0.29, 0.717) is 13.2 Å². The Hall–Kier alpha value is -2.27. The van der Waals surface area contributed by atoms with Crippen LogP contribution in [-0.2, 0) is 40.9 Å². The second kappa shape index (κ2) is 13.4. The van der Waals surface area contributed by atoms with E-state index in [4.69, 9.17) is 28.2 Å². The summed E-state index contributed by atoms with van der Waals surface area (Å²) in [5.74, 6) is -2.76. The van der Waals surface area contributed by atoms with E-state index in [1.54, 1.807) is 0 Å². The van der Waals surface area contributed by atoms with Gasteiger partial charge in [0.1, 0.15) is 0 Å². The van der Waals surface area contributed by atoms with Gasteiger partial charge in [0.2, 0.25) is 0 Å². The zero-order chi connectivity index (χ0) is 24.2. The van der Waals surface area contributed by atoms with E-state index >= 15 is 0 Å². The summed E-state index contributed by atoms with van der Waals surface area (Å²) < 4.78 is 66.9. The number of aliphatic carboxylic acids is 1. The number of phosphoric acid groups is 1. The normalized spacial score (nSPS) is 16.5. The summed E-state index contributed by atoms with van der Waals surface area (Å²) in [5, 5.41) is 10.4. The van der Waals surface area contributed by atoms with Crippen LogP contribution in [0.1, 0.15) is 11.1 Å². The van der Waals surface area contributed by atoms with Crippen molar-refractivity contribution in [2.45, 2.75) is 25.4 Å². The number of carbonyl (C=O) groups is 1. The lowest BCUT2D eigenvalue weighted by molar-refractivity contribution is -0.192. The van der Waals surface area contributed by atoms with Crippen molar-refractivity contribution in [2.75, 3.05) is 26.4 Å². The van der Waals surface area contributed by atoms with E-state index in [9.17, 15) is 17.7 Å². The topological polar surface area (TPSA) is 103 Å². The lowest BCUT2D eigenvalue weighted by Gasteiger charge is -2.25. The average Bonchev–Trinajstić information content (AvgIpc) is 2.82. The van der Waals surface area contributed by atoms with Crippen molar-refractivity contribution in [1.29, 1.82) is 0 Å². The second-order valence-electron chi connectivity index (χ2n) is 6.79. The minimum atomic E-state index is -5.08. The smallest absolute Gasteiger partial charge is 0.475 e. The van der Waals surface area contributed by atoms with E-state index in [1.807, 2.05) is 60.7 Å².